The van der Waals surface area contributed by atoms with E-state index in [4.69, 9.17) is 4.74 Å². The Kier molecular flexibility index (Phi) is 6.99. The van der Waals surface area contributed by atoms with Gasteiger partial charge in [-0.25, -0.2) is 4.39 Å². The molecule has 1 saturated heterocycles. The lowest BCUT2D eigenvalue weighted by atomic mass is 10.0. The number of hydrogen-bond donors (Lipinski definition) is 1. The normalized spacial score (nSPS) is 15.6. The van der Waals surface area contributed by atoms with Crippen LogP contribution in [0.3, 0.4) is 0 Å². The molecule has 10 heteroatoms. The van der Waals surface area contributed by atoms with E-state index in [1.807, 2.05) is 0 Å². The molecule has 1 N–H and O–H groups in total. The summed E-state index contributed by atoms with van der Waals surface area (Å²) in [6.07, 6.45) is -2.33. The molecule has 0 saturated carbocycles. The number of likely N-dealkylation sites (tertiary alicyclic amines) is 1. The second kappa shape index (κ2) is 9.51. The van der Waals surface area contributed by atoms with E-state index in [9.17, 15) is 27.2 Å². The van der Waals surface area contributed by atoms with E-state index in [2.05, 4.69) is 10.2 Å². The van der Waals surface area contributed by atoms with Crippen molar-refractivity contribution in [3.8, 4) is 5.75 Å². The van der Waals surface area contributed by atoms with E-state index in [0.717, 1.165) is 22.4 Å². The van der Waals surface area contributed by atoms with Crippen molar-refractivity contribution in [2.75, 3.05) is 20.2 Å². The predicted molar refractivity (Wildman–Crippen MR) is 105 cm³/mol. The molecule has 1 aliphatic rings. The third kappa shape index (κ3) is 5.84. The van der Waals surface area contributed by atoms with E-state index >= 15 is 0 Å². The SMILES string of the molecule is COc1ccc(CN2CCC(NC(=O)Cn3cccc(C(F)(F)F)c3=O)CC2)cc1F. The van der Waals surface area contributed by atoms with Crippen LogP contribution in [0.5, 0.6) is 5.75 Å². The summed E-state index contributed by atoms with van der Waals surface area (Å²) >= 11 is 0. The lowest BCUT2D eigenvalue weighted by molar-refractivity contribution is -0.139. The standard InChI is InChI=1S/C21H23F4N3O3/c1-31-18-5-4-14(11-17(18)22)12-27-9-6-15(7-10-27)26-19(29)13-28-8-2-3-16(20(28)30)21(23,24)25/h2-5,8,11,15H,6-7,9-10,12-13H2,1H3,(H,26,29). The molecule has 6 nitrogen and oxygen atoms in total. The fraction of sp³-hybridized carbons (Fsp3) is 0.429. The van der Waals surface area contributed by atoms with Crippen molar-refractivity contribution in [2.45, 2.75) is 38.1 Å². The Hall–Kier alpha value is -2.88. The first-order valence-electron chi connectivity index (χ1n) is 9.78. The highest BCUT2D eigenvalue weighted by molar-refractivity contribution is 5.76. The number of rotatable bonds is 6. The average Bonchev–Trinajstić information content (AvgIpc) is 2.70. The lowest BCUT2D eigenvalue weighted by Crippen LogP contribution is -2.46. The Labute approximate surface area is 176 Å². The van der Waals surface area contributed by atoms with Crippen LogP contribution in [-0.4, -0.2) is 41.6 Å². The van der Waals surface area contributed by atoms with Gasteiger partial charge in [-0.1, -0.05) is 6.07 Å². The monoisotopic (exact) mass is 441 g/mol. The fourth-order valence-corrected chi connectivity index (χ4v) is 3.61. The molecule has 0 radical (unpaired) electrons. The number of amides is 1. The van der Waals surface area contributed by atoms with Crippen molar-refractivity contribution in [1.29, 1.82) is 0 Å². The molecule has 1 aliphatic heterocycles. The van der Waals surface area contributed by atoms with Gasteiger partial charge in [-0.2, -0.15) is 13.2 Å². The van der Waals surface area contributed by atoms with E-state index < -0.39 is 35.6 Å². The van der Waals surface area contributed by atoms with Gasteiger partial charge in [0.1, 0.15) is 12.1 Å². The van der Waals surface area contributed by atoms with Crippen molar-refractivity contribution >= 4 is 5.91 Å². The van der Waals surface area contributed by atoms with Crippen LogP contribution in [0.4, 0.5) is 17.6 Å². The van der Waals surface area contributed by atoms with Crippen LogP contribution in [0.15, 0.2) is 41.3 Å². The highest BCUT2D eigenvalue weighted by Crippen LogP contribution is 2.26. The molecule has 0 unspecified atom stereocenters. The molecule has 3 rings (SSSR count). The quantitative estimate of drug-likeness (QED) is 0.701. The molecule has 0 spiro atoms. The maximum atomic E-state index is 13.8. The molecule has 2 aromatic rings. The number of alkyl halides is 3. The summed E-state index contributed by atoms with van der Waals surface area (Å²) in [5.41, 5.74) is -1.73. The predicted octanol–water partition coefficient (Wildman–Crippen LogP) is 2.80. The number of halogens is 4. The molecule has 0 atom stereocenters. The zero-order valence-electron chi connectivity index (χ0n) is 16.9. The summed E-state index contributed by atoms with van der Waals surface area (Å²) in [5, 5.41) is 2.78. The number of carbonyl (C=O) groups excluding carboxylic acids is 1. The molecule has 1 aromatic heterocycles. The average molecular weight is 441 g/mol. The Bertz CT molecular complexity index is 983. The van der Waals surface area contributed by atoms with Gasteiger partial charge in [0.05, 0.1) is 7.11 Å². The minimum atomic E-state index is -4.77. The highest BCUT2D eigenvalue weighted by atomic mass is 19.4. The summed E-state index contributed by atoms with van der Waals surface area (Å²) in [6, 6.07) is 6.45. The zero-order valence-corrected chi connectivity index (χ0v) is 16.9. The summed E-state index contributed by atoms with van der Waals surface area (Å²) in [5.74, 6) is -0.755. The van der Waals surface area contributed by atoms with Gasteiger partial charge in [-0.3, -0.25) is 14.5 Å². The molecule has 168 valence electrons. The topological polar surface area (TPSA) is 63.6 Å². The third-order valence-electron chi connectivity index (χ3n) is 5.21. The van der Waals surface area contributed by atoms with Crippen LogP contribution < -0.4 is 15.6 Å². The first-order valence-corrected chi connectivity index (χ1v) is 9.78. The Morgan fingerprint density at radius 2 is 1.94 bits per heavy atom. The van der Waals surface area contributed by atoms with Crippen LogP contribution in [0, 0.1) is 5.82 Å². The number of piperidine rings is 1. The molecular weight excluding hydrogens is 418 g/mol. The second-order valence-electron chi connectivity index (χ2n) is 7.44. The van der Waals surface area contributed by atoms with Gasteiger partial charge in [-0.15, -0.1) is 0 Å². The van der Waals surface area contributed by atoms with Gasteiger partial charge in [0.25, 0.3) is 5.56 Å². The Morgan fingerprint density at radius 1 is 1.23 bits per heavy atom. The van der Waals surface area contributed by atoms with E-state index in [1.165, 1.54) is 13.2 Å². The van der Waals surface area contributed by atoms with Crippen molar-refractivity contribution in [2.24, 2.45) is 0 Å². The van der Waals surface area contributed by atoms with Crippen molar-refractivity contribution < 1.29 is 27.1 Å². The fourth-order valence-electron chi connectivity index (χ4n) is 3.61. The zero-order chi connectivity index (χ0) is 22.6. The summed E-state index contributed by atoms with van der Waals surface area (Å²) in [7, 11) is 1.40. The first kappa shape index (κ1) is 22.8. The number of hydrogen-bond acceptors (Lipinski definition) is 4. The number of methoxy groups -OCH3 is 1. The molecular formula is C21H23F4N3O3. The number of benzene rings is 1. The molecule has 0 aliphatic carbocycles. The minimum absolute atomic E-state index is 0.141. The second-order valence-corrected chi connectivity index (χ2v) is 7.44. The van der Waals surface area contributed by atoms with Gasteiger partial charge in [0.15, 0.2) is 11.6 Å². The smallest absolute Gasteiger partial charge is 0.421 e. The molecule has 1 aromatic carbocycles. The van der Waals surface area contributed by atoms with E-state index in [0.29, 0.717) is 38.5 Å². The molecule has 31 heavy (non-hydrogen) atoms. The summed E-state index contributed by atoms with van der Waals surface area (Å²) < 4.78 is 58.0. The van der Waals surface area contributed by atoms with E-state index in [1.54, 1.807) is 12.1 Å². The van der Waals surface area contributed by atoms with Gasteiger partial charge >= 0.3 is 6.18 Å². The Balaban J connectivity index is 1.50. The van der Waals surface area contributed by atoms with E-state index in [-0.39, 0.29) is 11.8 Å². The highest BCUT2D eigenvalue weighted by Gasteiger charge is 2.34. The molecule has 0 bridgehead atoms. The lowest BCUT2D eigenvalue weighted by Gasteiger charge is -2.32. The summed E-state index contributed by atoms with van der Waals surface area (Å²) in [4.78, 5) is 26.3. The maximum Gasteiger partial charge on any atom is 0.421 e. The van der Waals surface area contributed by atoms with Crippen LogP contribution >= 0.6 is 0 Å². The van der Waals surface area contributed by atoms with Crippen molar-refractivity contribution in [3.63, 3.8) is 0 Å². The Morgan fingerprint density at radius 3 is 2.55 bits per heavy atom. The number of pyridine rings is 1. The van der Waals surface area contributed by atoms with Crippen LogP contribution in [-0.2, 0) is 24.1 Å². The number of aromatic nitrogens is 1. The van der Waals surface area contributed by atoms with Gasteiger partial charge < -0.3 is 14.6 Å². The number of nitrogens with zero attached hydrogens (tertiary/aromatic N) is 2. The minimum Gasteiger partial charge on any atom is -0.494 e. The van der Waals surface area contributed by atoms with Gasteiger partial charge in [0, 0.05) is 31.9 Å². The van der Waals surface area contributed by atoms with Gasteiger partial charge in [0.2, 0.25) is 5.91 Å². The molecule has 2 heterocycles. The van der Waals surface area contributed by atoms with Crippen LogP contribution in [0.1, 0.15) is 24.0 Å². The third-order valence-corrected chi connectivity index (χ3v) is 5.21. The number of ether oxygens (including phenoxy) is 1. The van der Waals surface area contributed by atoms with Crippen molar-refractivity contribution in [3.05, 3.63) is 63.8 Å². The number of nitrogens with one attached hydrogen (secondary N) is 1. The van der Waals surface area contributed by atoms with Crippen LogP contribution in [0.25, 0.3) is 0 Å². The molecule has 1 fully saturated rings. The first-order chi connectivity index (χ1) is 14.7. The number of carbonyl (C=O) groups is 1. The molecule has 1 amide bonds. The summed E-state index contributed by atoms with van der Waals surface area (Å²) in [6.45, 7) is 1.42. The van der Waals surface area contributed by atoms with Crippen molar-refractivity contribution in [1.82, 2.24) is 14.8 Å². The largest absolute Gasteiger partial charge is 0.494 e. The van der Waals surface area contributed by atoms with Gasteiger partial charge in [-0.05, 0) is 42.7 Å². The van der Waals surface area contributed by atoms with Crippen LogP contribution in [0.2, 0.25) is 0 Å². The maximum absolute atomic E-state index is 13.8.